The maximum Gasteiger partial charge on any atom is 0.278 e. The van der Waals surface area contributed by atoms with E-state index in [1.807, 2.05) is 13.8 Å². The SMILES string of the molecule is COc1ccc(C2C3=C(CC(C)(C)CC3=O)Nc3c(O)cccc3N2C(=O)c2ncccc2C)c(F)c1. The number of benzene rings is 2. The lowest BCUT2D eigenvalue weighted by Gasteiger charge is -2.37. The fourth-order valence-electron chi connectivity index (χ4n) is 5.24. The van der Waals surface area contributed by atoms with Crippen LogP contribution < -0.4 is 15.0 Å². The van der Waals surface area contributed by atoms with E-state index in [9.17, 15) is 14.7 Å². The highest BCUT2D eigenvalue weighted by Gasteiger charge is 2.45. The Labute approximate surface area is 214 Å². The van der Waals surface area contributed by atoms with Crippen molar-refractivity contribution in [2.24, 2.45) is 5.41 Å². The molecule has 0 fully saturated rings. The number of Topliss-reactive ketones (excluding diaryl/α,β-unsaturated/α-hetero) is 1. The number of allylic oxidation sites excluding steroid dienone is 1. The molecular weight excluding hydrogens is 473 g/mol. The second kappa shape index (κ2) is 9.03. The fourth-order valence-corrected chi connectivity index (χ4v) is 5.24. The van der Waals surface area contributed by atoms with Gasteiger partial charge in [-0.05, 0) is 54.7 Å². The first kappa shape index (κ1) is 24.5. The van der Waals surface area contributed by atoms with Crippen molar-refractivity contribution in [3.63, 3.8) is 0 Å². The van der Waals surface area contributed by atoms with Crippen LogP contribution in [0.4, 0.5) is 15.8 Å². The minimum atomic E-state index is -1.10. The third-order valence-electron chi connectivity index (χ3n) is 6.94. The van der Waals surface area contributed by atoms with Crippen LogP contribution >= 0.6 is 0 Å². The van der Waals surface area contributed by atoms with Gasteiger partial charge in [-0.2, -0.15) is 0 Å². The van der Waals surface area contributed by atoms with E-state index in [1.54, 1.807) is 37.3 Å². The fraction of sp³-hybridized carbons (Fsp3) is 0.276. The third kappa shape index (κ3) is 4.22. The molecule has 2 aromatic carbocycles. The molecule has 5 rings (SSSR count). The number of anilines is 2. The molecule has 0 bridgehead atoms. The molecular formula is C29H28FN3O4. The van der Waals surface area contributed by atoms with Crippen LogP contribution in [0.15, 0.2) is 66.0 Å². The number of ether oxygens (including phenoxy) is 1. The van der Waals surface area contributed by atoms with Gasteiger partial charge in [0.1, 0.15) is 28.7 Å². The molecule has 1 unspecified atom stereocenters. The lowest BCUT2D eigenvalue weighted by atomic mass is 9.73. The summed E-state index contributed by atoms with van der Waals surface area (Å²) in [6.07, 6.45) is 2.22. The van der Waals surface area contributed by atoms with Gasteiger partial charge in [-0.25, -0.2) is 4.39 Å². The van der Waals surface area contributed by atoms with Crippen molar-refractivity contribution in [3.05, 3.63) is 88.6 Å². The molecule has 0 saturated heterocycles. The number of aryl methyl sites for hydroxylation is 1. The van der Waals surface area contributed by atoms with E-state index in [4.69, 9.17) is 4.74 Å². The molecule has 0 saturated carbocycles. The number of carbonyl (C=O) groups excluding carboxylic acids is 2. The topological polar surface area (TPSA) is 91.8 Å². The lowest BCUT2D eigenvalue weighted by molar-refractivity contribution is -0.118. The van der Waals surface area contributed by atoms with Crippen molar-refractivity contribution in [3.8, 4) is 11.5 Å². The van der Waals surface area contributed by atoms with Gasteiger partial charge < -0.3 is 15.2 Å². The van der Waals surface area contributed by atoms with Gasteiger partial charge in [0.2, 0.25) is 0 Å². The summed E-state index contributed by atoms with van der Waals surface area (Å²) < 4.78 is 20.9. The van der Waals surface area contributed by atoms with Crippen LogP contribution in [0.5, 0.6) is 11.5 Å². The predicted molar refractivity (Wildman–Crippen MR) is 138 cm³/mol. The molecule has 1 aliphatic heterocycles. The first-order valence-corrected chi connectivity index (χ1v) is 12.0. The Morgan fingerprint density at radius 3 is 2.68 bits per heavy atom. The molecule has 1 amide bonds. The molecule has 8 heteroatoms. The van der Waals surface area contributed by atoms with Gasteiger partial charge >= 0.3 is 0 Å². The molecule has 37 heavy (non-hydrogen) atoms. The van der Waals surface area contributed by atoms with Crippen molar-refractivity contribution in [2.45, 2.75) is 39.7 Å². The van der Waals surface area contributed by atoms with E-state index in [0.29, 0.717) is 34.7 Å². The van der Waals surface area contributed by atoms with Gasteiger partial charge in [-0.3, -0.25) is 19.5 Å². The number of amides is 1. The Hall–Kier alpha value is -4.20. The molecule has 3 aromatic rings. The van der Waals surface area contributed by atoms with Crippen LogP contribution in [0.1, 0.15) is 54.3 Å². The summed E-state index contributed by atoms with van der Waals surface area (Å²) in [5.41, 5.74) is 2.01. The molecule has 0 radical (unpaired) electrons. The number of carbonyl (C=O) groups is 2. The number of methoxy groups -OCH3 is 1. The van der Waals surface area contributed by atoms with E-state index < -0.39 is 17.8 Å². The number of phenolic OH excluding ortho intramolecular Hbond substituents is 1. The molecule has 0 spiro atoms. The number of rotatable bonds is 3. The maximum absolute atomic E-state index is 15.7. The minimum absolute atomic E-state index is 0.0911. The zero-order chi connectivity index (χ0) is 26.5. The number of hydrogen-bond donors (Lipinski definition) is 2. The van der Waals surface area contributed by atoms with Crippen molar-refractivity contribution in [2.75, 3.05) is 17.3 Å². The Bertz CT molecular complexity index is 1460. The average molecular weight is 502 g/mol. The second-order valence-electron chi connectivity index (χ2n) is 10.3. The van der Waals surface area contributed by atoms with Crippen molar-refractivity contribution >= 4 is 23.1 Å². The van der Waals surface area contributed by atoms with Crippen molar-refractivity contribution in [1.82, 2.24) is 4.98 Å². The van der Waals surface area contributed by atoms with Gasteiger partial charge in [-0.15, -0.1) is 0 Å². The smallest absolute Gasteiger partial charge is 0.278 e. The summed E-state index contributed by atoms with van der Waals surface area (Å²) in [7, 11) is 1.44. The number of halogens is 1. The number of nitrogens with one attached hydrogen (secondary N) is 1. The molecule has 1 aliphatic carbocycles. The van der Waals surface area contributed by atoms with Gasteiger partial charge in [0.15, 0.2) is 5.78 Å². The number of fused-ring (bicyclic) bond motifs is 1. The lowest BCUT2D eigenvalue weighted by Crippen LogP contribution is -2.40. The number of hydrogen-bond acceptors (Lipinski definition) is 6. The summed E-state index contributed by atoms with van der Waals surface area (Å²) in [4.78, 5) is 33.7. The summed E-state index contributed by atoms with van der Waals surface area (Å²) in [5.74, 6) is -1.10. The summed E-state index contributed by atoms with van der Waals surface area (Å²) in [6, 6.07) is 11.6. The van der Waals surface area contributed by atoms with Crippen molar-refractivity contribution < 1.29 is 23.8 Å². The monoisotopic (exact) mass is 501 g/mol. The van der Waals surface area contributed by atoms with E-state index in [-0.39, 0.29) is 40.3 Å². The number of ketones is 1. The molecule has 1 atom stereocenters. The number of phenols is 1. The molecule has 2 heterocycles. The third-order valence-corrected chi connectivity index (χ3v) is 6.94. The van der Waals surface area contributed by atoms with Crippen LogP contribution in [-0.4, -0.2) is 28.9 Å². The van der Waals surface area contributed by atoms with E-state index in [0.717, 1.165) is 0 Å². The summed E-state index contributed by atoms with van der Waals surface area (Å²) >= 11 is 0. The maximum atomic E-state index is 15.7. The molecule has 7 nitrogen and oxygen atoms in total. The van der Waals surface area contributed by atoms with Gasteiger partial charge in [0, 0.05) is 35.5 Å². The normalized spacial score (nSPS) is 18.5. The Morgan fingerprint density at radius 1 is 1.19 bits per heavy atom. The highest BCUT2D eigenvalue weighted by Crippen LogP contribution is 2.51. The first-order valence-electron chi connectivity index (χ1n) is 12.0. The van der Waals surface area contributed by atoms with E-state index in [2.05, 4.69) is 10.3 Å². The highest BCUT2D eigenvalue weighted by molar-refractivity contribution is 6.12. The number of para-hydroxylation sites is 1. The predicted octanol–water partition coefficient (Wildman–Crippen LogP) is 5.70. The van der Waals surface area contributed by atoms with E-state index >= 15 is 4.39 Å². The number of nitrogens with zero attached hydrogens (tertiary/aromatic N) is 2. The van der Waals surface area contributed by atoms with Crippen LogP contribution in [0.3, 0.4) is 0 Å². The Morgan fingerprint density at radius 2 is 1.97 bits per heavy atom. The number of pyridine rings is 1. The van der Waals surface area contributed by atoms with Crippen molar-refractivity contribution in [1.29, 1.82) is 0 Å². The van der Waals surface area contributed by atoms with Gasteiger partial charge in [-0.1, -0.05) is 26.0 Å². The molecule has 2 N–H and O–H groups in total. The van der Waals surface area contributed by atoms with Crippen LogP contribution in [-0.2, 0) is 4.79 Å². The quantitative estimate of drug-likeness (QED) is 0.448. The Balaban J connectivity index is 1.85. The molecule has 190 valence electrons. The summed E-state index contributed by atoms with van der Waals surface area (Å²) in [6.45, 7) is 5.73. The largest absolute Gasteiger partial charge is 0.506 e. The van der Waals surface area contributed by atoms with Crippen LogP contribution in [0, 0.1) is 18.2 Å². The van der Waals surface area contributed by atoms with Gasteiger partial charge in [0.05, 0.1) is 18.8 Å². The second-order valence-corrected chi connectivity index (χ2v) is 10.3. The highest BCUT2D eigenvalue weighted by atomic mass is 19.1. The molecule has 2 aliphatic rings. The summed E-state index contributed by atoms with van der Waals surface area (Å²) in [5, 5.41) is 14.1. The Kier molecular flexibility index (Phi) is 5.98. The van der Waals surface area contributed by atoms with Gasteiger partial charge in [0.25, 0.3) is 5.91 Å². The number of aromatic hydroxyl groups is 1. The first-order chi connectivity index (χ1) is 17.6. The standard InChI is InChI=1S/C29H28FN3O4/c1-16-7-6-12-31-25(16)28(36)33-21-8-5-9-22(34)26(21)32-20-14-29(2,3)15-23(35)24(20)27(33)18-11-10-17(37-4)13-19(18)30/h5-13,27,32,34H,14-15H2,1-4H3. The average Bonchev–Trinajstić information content (AvgIpc) is 2.98. The number of aromatic nitrogens is 1. The molecule has 1 aromatic heterocycles. The minimum Gasteiger partial charge on any atom is -0.506 e. The zero-order valence-electron chi connectivity index (χ0n) is 21.1. The van der Waals surface area contributed by atoms with Crippen LogP contribution in [0.2, 0.25) is 0 Å². The zero-order valence-corrected chi connectivity index (χ0v) is 21.1. The van der Waals surface area contributed by atoms with E-state index in [1.165, 1.54) is 36.4 Å². The van der Waals surface area contributed by atoms with Crippen LogP contribution in [0.25, 0.3) is 0 Å².